The van der Waals surface area contributed by atoms with Crippen molar-refractivity contribution >= 4 is 24.6 Å². The number of benzene rings is 1. The Bertz CT molecular complexity index is 980. The number of hydrogen-bond acceptors (Lipinski definition) is 8. The quantitative estimate of drug-likeness (QED) is 0.108. The van der Waals surface area contributed by atoms with Gasteiger partial charge in [-0.2, -0.15) is 0 Å². The first-order chi connectivity index (χ1) is 17.0. The summed E-state index contributed by atoms with van der Waals surface area (Å²) in [4.78, 5) is 40.6. The number of nitrogens with zero attached hydrogens (tertiary/aromatic N) is 1. The van der Waals surface area contributed by atoms with Crippen molar-refractivity contribution in [3.05, 3.63) is 58.7 Å². The SMILES string of the molecule is C=N/C(C(=O)N[C@@H](C)C(=O)O[C@@H](C)[C@H](c1ccc(C)cc1)C(C)C)=C(OCOC(C)=O)\C(=C/C)OC. The molecular formula is C27H38N2O7. The number of carbonyl (C=O) groups excluding carboxylic acids is 3. The zero-order chi connectivity index (χ0) is 27.4. The number of aliphatic imine (C=N–C) groups is 1. The first-order valence-electron chi connectivity index (χ1n) is 11.7. The number of esters is 2. The van der Waals surface area contributed by atoms with Crippen molar-refractivity contribution < 1.29 is 33.3 Å². The van der Waals surface area contributed by atoms with Gasteiger partial charge in [-0.1, -0.05) is 43.7 Å². The van der Waals surface area contributed by atoms with Gasteiger partial charge in [0, 0.05) is 12.8 Å². The standard InChI is InChI=1S/C27H38N2O7/c1-10-22(33-9)25(35-15-34-20(7)30)24(28-8)26(31)29-18(5)27(32)36-19(6)23(16(2)3)21-13-11-17(4)12-14-21/h10-14,16,18-19,23H,8,15H2,1-7,9H3,(H,29,31)/b22-10+,25-24+/t18-,19-,23+/m0/s1. The Balaban J connectivity index is 3.04. The maximum atomic E-state index is 13.0. The lowest BCUT2D eigenvalue weighted by Crippen LogP contribution is -2.42. The van der Waals surface area contributed by atoms with Gasteiger partial charge in [-0.3, -0.25) is 14.6 Å². The summed E-state index contributed by atoms with van der Waals surface area (Å²) in [5, 5.41) is 2.56. The molecule has 9 heteroatoms. The van der Waals surface area contributed by atoms with E-state index in [0.29, 0.717) is 0 Å². The Morgan fingerprint density at radius 3 is 2.17 bits per heavy atom. The van der Waals surface area contributed by atoms with E-state index in [2.05, 4.69) is 30.9 Å². The van der Waals surface area contributed by atoms with Crippen molar-refractivity contribution in [2.24, 2.45) is 10.9 Å². The fourth-order valence-electron chi connectivity index (χ4n) is 3.69. The smallest absolute Gasteiger partial charge is 0.328 e. The maximum absolute atomic E-state index is 13.0. The van der Waals surface area contributed by atoms with Crippen LogP contribution in [0.2, 0.25) is 0 Å². The lowest BCUT2D eigenvalue weighted by molar-refractivity contribution is -0.153. The molecule has 0 aromatic heterocycles. The third kappa shape index (κ3) is 8.87. The summed E-state index contributed by atoms with van der Waals surface area (Å²) in [5.41, 5.74) is 1.97. The van der Waals surface area contributed by atoms with Gasteiger partial charge in [0.05, 0.1) is 7.11 Å². The van der Waals surface area contributed by atoms with Crippen LogP contribution in [0.4, 0.5) is 0 Å². The lowest BCUT2D eigenvalue weighted by atomic mass is 9.84. The topological polar surface area (TPSA) is 113 Å². The van der Waals surface area contributed by atoms with E-state index in [1.54, 1.807) is 6.92 Å². The summed E-state index contributed by atoms with van der Waals surface area (Å²) in [7, 11) is 1.38. The normalized spacial score (nSPS) is 14.6. The van der Waals surface area contributed by atoms with Crippen molar-refractivity contribution in [3.63, 3.8) is 0 Å². The zero-order valence-corrected chi connectivity index (χ0v) is 22.4. The molecule has 0 aliphatic rings. The molecule has 0 fully saturated rings. The molecule has 3 atom stereocenters. The van der Waals surface area contributed by atoms with Crippen molar-refractivity contribution in [1.82, 2.24) is 5.32 Å². The number of nitrogens with one attached hydrogen (secondary N) is 1. The van der Waals surface area contributed by atoms with Gasteiger partial charge < -0.3 is 24.3 Å². The molecule has 0 spiro atoms. The first kappa shape index (κ1) is 30.4. The van der Waals surface area contributed by atoms with E-state index in [1.165, 1.54) is 27.0 Å². The number of carbonyl (C=O) groups is 3. The molecule has 198 valence electrons. The largest absolute Gasteiger partial charge is 0.493 e. The Morgan fingerprint density at radius 2 is 1.69 bits per heavy atom. The molecule has 0 heterocycles. The molecule has 1 amide bonds. The number of allylic oxidation sites excluding steroid dienone is 1. The van der Waals surface area contributed by atoms with Crippen LogP contribution >= 0.6 is 0 Å². The van der Waals surface area contributed by atoms with Crippen LogP contribution in [-0.4, -0.2) is 50.6 Å². The highest BCUT2D eigenvalue weighted by Crippen LogP contribution is 2.30. The van der Waals surface area contributed by atoms with E-state index >= 15 is 0 Å². The molecule has 0 radical (unpaired) electrons. The van der Waals surface area contributed by atoms with Crippen LogP contribution in [0.5, 0.6) is 0 Å². The molecule has 0 aliphatic heterocycles. The first-order valence-corrected chi connectivity index (χ1v) is 11.7. The minimum absolute atomic E-state index is 0.0250. The third-order valence-electron chi connectivity index (χ3n) is 5.45. The van der Waals surface area contributed by atoms with Crippen molar-refractivity contribution in [2.75, 3.05) is 13.9 Å². The number of ether oxygens (including phenoxy) is 4. The van der Waals surface area contributed by atoms with Crippen LogP contribution in [0.15, 0.2) is 52.5 Å². The monoisotopic (exact) mass is 502 g/mol. The number of amides is 1. The number of rotatable bonds is 13. The molecule has 1 aromatic rings. The number of hydrogen-bond donors (Lipinski definition) is 1. The van der Waals surface area contributed by atoms with Gasteiger partial charge in [-0.05, 0) is 52.0 Å². The van der Waals surface area contributed by atoms with Gasteiger partial charge in [0.15, 0.2) is 17.2 Å². The van der Waals surface area contributed by atoms with Crippen molar-refractivity contribution in [1.29, 1.82) is 0 Å². The zero-order valence-electron chi connectivity index (χ0n) is 22.4. The third-order valence-corrected chi connectivity index (χ3v) is 5.45. The molecule has 1 rings (SSSR count). The van der Waals surface area contributed by atoms with Crippen LogP contribution in [0.1, 0.15) is 58.6 Å². The highest BCUT2D eigenvalue weighted by atomic mass is 16.7. The molecule has 0 saturated heterocycles. The van der Waals surface area contributed by atoms with Gasteiger partial charge in [-0.15, -0.1) is 0 Å². The Kier molecular flexibility index (Phi) is 12.4. The van der Waals surface area contributed by atoms with E-state index in [4.69, 9.17) is 18.9 Å². The summed E-state index contributed by atoms with van der Waals surface area (Å²) in [6.45, 7) is 15.3. The highest BCUT2D eigenvalue weighted by Gasteiger charge is 2.29. The van der Waals surface area contributed by atoms with Crippen LogP contribution in [0.3, 0.4) is 0 Å². The molecule has 0 saturated carbocycles. The molecule has 36 heavy (non-hydrogen) atoms. The second-order valence-corrected chi connectivity index (χ2v) is 8.61. The van der Waals surface area contributed by atoms with Crippen LogP contribution in [-0.2, 0) is 33.3 Å². The number of methoxy groups -OCH3 is 1. The second kappa shape index (κ2) is 14.7. The maximum Gasteiger partial charge on any atom is 0.328 e. The highest BCUT2D eigenvalue weighted by molar-refractivity contribution is 5.97. The summed E-state index contributed by atoms with van der Waals surface area (Å²) in [5.74, 6) is -1.65. The van der Waals surface area contributed by atoms with E-state index in [-0.39, 0.29) is 29.1 Å². The van der Waals surface area contributed by atoms with E-state index in [1.807, 2.05) is 38.1 Å². The lowest BCUT2D eigenvalue weighted by Gasteiger charge is -2.29. The van der Waals surface area contributed by atoms with Crippen LogP contribution in [0, 0.1) is 12.8 Å². The Labute approximate surface area is 213 Å². The molecule has 0 unspecified atom stereocenters. The van der Waals surface area contributed by atoms with Gasteiger partial charge in [0.25, 0.3) is 5.91 Å². The molecular weight excluding hydrogens is 464 g/mol. The van der Waals surface area contributed by atoms with Gasteiger partial charge in [0.2, 0.25) is 6.79 Å². The predicted octanol–water partition coefficient (Wildman–Crippen LogP) is 4.17. The summed E-state index contributed by atoms with van der Waals surface area (Å²) < 4.78 is 21.2. The van der Waals surface area contributed by atoms with Gasteiger partial charge >= 0.3 is 11.9 Å². The van der Waals surface area contributed by atoms with E-state index in [0.717, 1.165) is 11.1 Å². The van der Waals surface area contributed by atoms with Crippen LogP contribution in [0.25, 0.3) is 0 Å². The molecule has 1 aromatic carbocycles. The second-order valence-electron chi connectivity index (χ2n) is 8.61. The Hall–Kier alpha value is -3.62. The molecule has 1 N–H and O–H groups in total. The van der Waals surface area contributed by atoms with Gasteiger partial charge in [-0.25, -0.2) is 4.79 Å². The van der Waals surface area contributed by atoms with Crippen LogP contribution < -0.4 is 5.32 Å². The fourth-order valence-corrected chi connectivity index (χ4v) is 3.69. The fraction of sp³-hybridized carbons (Fsp3) is 0.481. The summed E-state index contributed by atoms with van der Waals surface area (Å²) in [6.07, 6.45) is 1.11. The average Bonchev–Trinajstić information content (AvgIpc) is 2.80. The summed E-state index contributed by atoms with van der Waals surface area (Å²) in [6, 6.07) is 7.13. The number of aryl methyl sites for hydroxylation is 1. The van der Waals surface area contributed by atoms with Crippen molar-refractivity contribution in [3.8, 4) is 0 Å². The van der Waals surface area contributed by atoms with Gasteiger partial charge in [0.1, 0.15) is 12.1 Å². The summed E-state index contributed by atoms with van der Waals surface area (Å²) >= 11 is 0. The molecule has 0 bridgehead atoms. The van der Waals surface area contributed by atoms with E-state index < -0.39 is 36.8 Å². The minimum atomic E-state index is -0.992. The molecule has 0 aliphatic carbocycles. The Morgan fingerprint density at radius 1 is 1.08 bits per heavy atom. The minimum Gasteiger partial charge on any atom is -0.493 e. The molecule has 9 nitrogen and oxygen atoms in total. The predicted molar refractivity (Wildman–Crippen MR) is 137 cm³/mol. The van der Waals surface area contributed by atoms with Crippen molar-refractivity contribution in [2.45, 2.75) is 66.5 Å². The average molecular weight is 503 g/mol. The van der Waals surface area contributed by atoms with E-state index in [9.17, 15) is 14.4 Å².